The van der Waals surface area contributed by atoms with E-state index in [-0.39, 0.29) is 35.2 Å². The van der Waals surface area contributed by atoms with Crippen molar-refractivity contribution in [3.05, 3.63) is 57.0 Å². The molecule has 1 amide bonds. The molecule has 0 atom stereocenters. The molecule has 11 heteroatoms. The van der Waals surface area contributed by atoms with Gasteiger partial charge in [0.2, 0.25) is 0 Å². The predicted molar refractivity (Wildman–Crippen MR) is 80.7 cm³/mol. The number of carbonyl (C=O) groups is 1. The Balaban J connectivity index is 2.29. The summed E-state index contributed by atoms with van der Waals surface area (Å²) in [5.74, 6) is -1.81. The van der Waals surface area contributed by atoms with Crippen molar-refractivity contribution >= 4 is 22.0 Å². The standard InChI is InChI=1S/C13H10BrF3N4O3/c14-11-9(16)1-8(2-10(11)17)20-6-19-21(13(20)24)5-7(3-15)4-18-12(22)23/h1-3,6,18H,4-5H2,(H,22,23)/b7-3-. The van der Waals surface area contributed by atoms with Crippen LogP contribution >= 0.6 is 15.9 Å². The quantitative estimate of drug-likeness (QED) is 0.744. The molecule has 0 unspecified atom stereocenters. The molecule has 1 heterocycles. The van der Waals surface area contributed by atoms with Crippen molar-refractivity contribution in [2.75, 3.05) is 6.54 Å². The largest absolute Gasteiger partial charge is 0.465 e. The Morgan fingerprint density at radius 3 is 2.54 bits per heavy atom. The van der Waals surface area contributed by atoms with E-state index in [4.69, 9.17) is 5.11 Å². The number of rotatable bonds is 5. The Bertz CT molecular complexity index is 839. The fourth-order valence-electron chi connectivity index (χ4n) is 1.81. The maximum atomic E-state index is 13.6. The van der Waals surface area contributed by atoms with Gasteiger partial charge in [0.25, 0.3) is 0 Å². The molecule has 0 aliphatic carbocycles. The molecule has 0 bridgehead atoms. The van der Waals surface area contributed by atoms with Crippen molar-refractivity contribution in [1.29, 1.82) is 0 Å². The lowest BCUT2D eigenvalue weighted by Gasteiger charge is -2.05. The summed E-state index contributed by atoms with van der Waals surface area (Å²) in [6, 6.07) is 1.86. The van der Waals surface area contributed by atoms with Gasteiger partial charge in [0.1, 0.15) is 18.0 Å². The summed E-state index contributed by atoms with van der Waals surface area (Å²) in [6.07, 6.45) is -0.182. The van der Waals surface area contributed by atoms with E-state index in [9.17, 15) is 22.8 Å². The van der Waals surface area contributed by atoms with Gasteiger partial charge < -0.3 is 10.4 Å². The highest BCUT2D eigenvalue weighted by Crippen LogP contribution is 2.22. The van der Waals surface area contributed by atoms with Crippen LogP contribution in [0.4, 0.5) is 18.0 Å². The number of amides is 1. The molecule has 0 aliphatic rings. The molecule has 1 aromatic heterocycles. The number of hydrogen-bond acceptors (Lipinski definition) is 3. The van der Waals surface area contributed by atoms with E-state index in [1.165, 1.54) is 0 Å². The van der Waals surface area contributed by atoms with Gasteiger partial charge in [-0.2, -0.15) is 5.10 Å². The van der Waals surface area contributed by atoms with Crippen LogP contribution in [-0.2, 0) is 6.54 Å². The van der Waals surface area contributed by atoms with Gasteiger partial charge in [0, 0.05) is 6.54 Å². The molecule has 1 aromatic carbocycles. The molecule has 2 N–H and O–H groups in total. The van der Waals surface area contributed by atoms with E-state index in [2.05, 4.69) is 21.0 Å². The third kappa shape index (κ3) is 3.85. The lowest BCUT2D eigenvalue weighted by atomic mass is 10.3. The molecule has 24 heavy (non-hydrogen) atoms. The van der Waals surface area contributed by atoms with Crippen molar-refractivity contribution < 1.29 is 23.1 Å². The molecule has 128 valence electrons. The van der Waals surface area contributed by atoms with Crippen LogP contribution in [0.5, 0.6) is 0 Å². The van der Waals surface area contributed by atoms with Crippen LogP contribution in [0.25, 0.3) is 5.69 Å². The number of carboxylic acid groups (broad SMARTS) is 1. The average molecular weight is 407 g/mol. The van der Waals surface area contributed by atoms with E-state index in [1.807, 2.05) is 5.32 Å². The Hall–Kier alpha value is -2.56. The minimum absolute atomic E-state index is 0.0575. The van der Waals surface area contributed by atoms with Crippen LogP contribution in [0.3, 0.4) is 0 Å². The summed E-state index contributed by atoms with van der Waals surface area (Å²) in [5, 5.41) is 14.1. The first-order valence-corrected chi connectivity index (χ1v) is 7.17. The second-order valence-electron chi connectivity index (χ2n) is 4.59. The highest BCUT2D eigenvalue weighted by molar-refractivity contribution is 9.10. The number of nitrogens with one attached hydrogen (secondary N) is 1. The van der Waals surface area contributed by atoms with Crippen LogP contribution < -0.4 is 11.0 Å². The highest BCUT2D eigenvalue weighted by Gasteiger charge is 2.14. The number of aromatic nitrogens is 3. The maximum Gasteiger partial charge on any atom is 0.404 e. The molecular weight excluding hydrogens is 397 g/mol. The van der Waals surface area contributed by atoms with Crippen LogP contribution in [0.1, 0.15) is 0 Å². The summed E-state index contributed by atoms with van der Waals surface area (Å²) in [7, 11) is 0. The van der Waals surface area contributed by atoms with E-state index in [0.717, 1.165) is 27.7 Å². The van der Waals surface area contributed by atoms with Gasteiger partial charge in [-0.3, -0.25) is 0 Å². The summed E-state index contributed by atoms with van der Waals surface area (Å²) in [5.41, 5.74) is -0.928. The van der Waals surface area contributed by atoms with Gasteiger partial charge in [-0.1, -0.05) is 0 Å². The van der Waals surface area contributed by atoms with Crippen LogP contribution in [0.15, 0.2) is 39.6 Å². The lowest BCUT2D eigenvalue weighted by Crippen LogP contribution is -2.29. The smallest absolute Gasteiger partial charge is 0.404 e. The zero-order valence-corrected chi connectivity index (χ0v) is 13.4. The Morgan fingerprint density at radius 2 is 2.00 bits per heavy atom. The second kappa shape index (κ2) is 7.34. The topological polar surface area (TPSA) is 89.2 Å². The normalized spacial score (nSPS) is 11.6. The number of benzene rings is 1. The van der Waals surface area contributed by atoms with E-state index in [0.29, 0.717) is 0 Å². The molecule has 0 saturated heterocycles. The van der Waals surface area contributed by atoms with Crippen molar-refractivity contribution in [3.63, 3.8) is 0 Å². The van der Waals surface area contributed by atoms with E-state index >= 15 is 0 Å². The zero-order chi connectivity index (χ0) is 17.9. The SMILES string of the molecule is O=C(O)NC/C(=C/F)Cn1ncn(-c2cc(F)c(Br)c(F)c2)c1=O. The first kappa shape index (κ1) is 17.8. The summed E-state index contributed by atoms with van der Waals surface area (Å²) in [4.78, 5) is 22.6. The molecule has 0 spiro atoms. The van der Waals surface area contributed by atoms with Gasteiger partial charge in [-0.05, 0) is 33.6 Å². The molecule has 0 fully saturated rings. The Kier molecular flexibility index (Phi) is 5.44. The van der Waals surface area contributed by atoms with Crippen LogP contribution in [-0.4, -0.2) is 32.1 Å². The van der Waals surface area contributed by atoms with E-state index in [1.54, 1.807) is 0 Å². The molecule has 2 rings (SSSR count). The minimum Gasteiger partial charge on any atom is -0.465 e. The fraction of sp³-hybridized carbons (Fsp3) is 0.154. The first-order valence-electron chi connectivity index (χ1n) is 6.37. The fourth-order valence-corrected chi connectivity index (χ4v) is 2.04. The Morgan fingerprint density at radius 1 is 1.38 bits per heavy atom. The van der Waals surface area contributed by atoms with Crippen molar-refractivity contribution in [2.45, 2.75) is 6.54 Å². The molecule has 0 radical (unpaired) electrons. The second-order valence-corrected chi connectivity index (χ2v) is 5.38. The summed E-state index contributed by atoms with van der Waals surface area (Å²) < 4.78 is 41.2. The lowest BCUT2D eigenvalue weighted by molar-refractivity contribution is 0.195. The van der Waals surface area contributed by atoms with Gasteiger partial charge in [-0.25, -0.2) is 32.0 Å². The van der Waals surface area contributed by atoms with Crippen molar-refractivity contribution in [1.82, 2.24) is 19.7 Å². The summed E-state index contributed by atoms with van der Waals surface area (Å²) in [6.45, 7) is -0.670. The number of hydrogen-bond donors (Lipinski definition) is 2. The van der Waals surface area contributed by atoms with Crippen LogP contribution in [0.2, 0.25) is 0 Å². The molecule has 0 aliphatic heterocycles. The minimum atomic E-state index is -1.35. The van der Waals surface area contributed by atoms with Gasteiger partial charge in [0.05, 0.1) is 23.0 Å². The Labute approximate surface area is 141 Å². The number of halogens is 4. The third-order valence-corrected chi connectivity index (χ3v) is 3.71. The number of nitrogens with zero attached hydrogens (tertiary/aromatic N) is 3. The van der Waals surface area contributed by atoms with Crippen LogP contribution in [0, 0.1) is 11.6 Å². The molecule has 2 aromatic rings. The first-order chi connectivity index (χ1) is 11.3. The average Bonchev–Trinajstić information content (AvgIpc) is 2.89. The predicted octanol–water partition coefficient (Wildman–Crippen LogP) is 2.20. The zero-order valence-electron chi connectivity index (χ0n) is 11.8. The highest BCUT2D eigenvalue weighted by atomic mass is 79.9. The van der Waals surface area contributed by atoms with Gasteiger partial charge in [-0.15, -0.1) is 0 Å². The summed E-state index contributed by atoms with van der Waals surface area (Å²) >= 11 is 2.72. The third-order valence-electron chi connectivity index (χ3n) is 2.95. The van der Waals surface area contributed by atoms with Crippen molar-refractivity contribution in [2.24, 2.45) is 0 Å². The molecule has 0 saturated carbocycles. The van der Waals surface area contributed by atoms with Crippen molar-refractivity contribution in [3.8, 4) is 5.69 Å². The molecule has 7 nitrogen and oxygen atoms in total. The maximum absolute atomic E-state index is 13.6. The van der Waals surface area contributed by atoms with E-state index < -0.39 is 23.4 Å². The van der Waals surface area contributed by atoms with Gasteiger partial charge in [0.15, 0.2) is 0 Å². The molecular formula is C13H10BrF3N4O3. The van der Waals surface area contributed by atoms with Gasteiger partial charge >= 0.3 is 11.8 Å². The monoisotopic (exact) mass is 406 g/mol.